The van der Waals surface area contributed by atoms with Gasteiger partial charge in [0.25, 0.3) is 11.8 Å². The molecule has 256 valence electrons. The summed E-state index contributed by atoms with van der Waals surface area (Å²) in [5.74, 6) is -8.04. The fourth-order valence-electron chi connectivity index (χ4n) is 5.20. The first-order valence-electron chi connectivity index (χ1n) is 14.2. The number of carbonyl (C=O) groups is 6. The third-order valence-corrected chi connectivity index (χ3v) is 8.83. The van der Waals surface area contributed by atoms with E-state index >= 15 is 0 Å². The van der Waals surface area contributed by atoms with Gasteiger partial charge in [0, 0.05) is 24.3 Å². The quantitative estimate of drug-likeness (QED) is 0.0616. The van der Waals surface area contributed by atoms with Crippen molar-refractivity contribution >= 4 is 58.4 Å². The van der Waals surface area contributed by atoms with E-state index in [-0.39, 0.29) is 105 Å². The number of esters is 1. The number of aryl methyl sites for hydroxylation is 1. The summed E-state index contributed by atoms with van der Waals surface area (Å²) < 4.78 is 15.5. The van der Waals surface area contributed by atoms with Crippen LogP contribution < -0.4 is 90.1 Å². The second-order valence-corrected chi connectivity index (χ2v) is 11.9. The van der Waals surface area contributed by atoms with E-state index in [0.29, 0.717) is 0 Å². The number of hydrogen-bond acceptors (Lipinski definition) is 15. The van der Waals surface area contributed by atoms with Crippen molar-refractivity contribution in [2.75, 3.05) is 19.0 Å². The average Bonchev–Trinajstić information content (AvgIpc) is 3.04. The molecule has 20 heteroatoms. The number of nitrogens with zero attached hydrogens (tertiary/aromatic N) is 1. The van der Waals surface area contributed by atoms with E-state index in [1.54, 1.807) is 0 Å². The van der Waals surface area contributed by atoms with Gasteiger partial charge in [-0.2, -0.15) is 0 Å². The molecule has 51 heavy (non-hydrogen) atoms. The van der Waals surface area contributed by atoms with Crippen LogP contribution in [0.15, 0.2) is 56.9 Å². The fourth-order valence-corrected chi connectivity index (χ4v) is 6.53. The molecule has 1 aromatic heterocycles. The summed E-state index contributed by atoms with van der Waals surface area (Å²) in [7, 11) is 0. The van der Waals surface area contributed by atoms with Crippen LogP contribution in [0.5, 0.6) is 17.2 Å². The van der Waals surface area contributed by atoms with E-state index in [2.05, 4.69) is 10.6 Å². The van der Waals surface area contributed by atoms with Gasteiger partial charge in [-0.05, 0) is 30.7 Å². The Hall–Kier alpha value is -4.04. The zero-order valence-electron chi connectivity index (χ0n) is 27.5. The van der Waals surface area contributed by atoms with Crippen LogP contribution in [0.2, 0.25) is 0 Å². The Morgan fingerprint density at radius 1 is 1.06 bits per heavy atom. The molecule has 5 rings (SSSR count). The Morgan fingerprint density at radius 3 is 2.31 bits per heavy atom. The summed E-state index contributed by atoms with van der Waals surface area (Å²) in [5.41, 5.74) is -1.84. The number of aromatic hydroxyl groups is 2. The van der Waals surface area contributed by atoms with Crippen LogP contribution in [-0.4, -0.2) is 81.1 Å². The molecule has 17 nitrogen and oxygen atoms in total. The minimum Gasteiger partial charge on any atom is -0.546 e. The van der Waals surface area contributed by atoms with Gasteiger partial charge >= 0.3 is 65.1 Å². The Labute approximate surface area is 335 Å². The molecule has 2 aliphatic heterocycles. The van der Waals surface area contributed by atoms with Gasteiger partial charge in [0.2, 0.25) is 11.3 Å². The van der Waals surface area contributed by atoms with Gasteiger partial charge in [0.1, 0.15) is 53.3 Å². The molecule has 3 atom stereocenters. The van der Waals surface area contributed by atoms with Crippen LogP contribution in [0.3, 0.4) is 0 Å². The number of amides is 3. The predicted molar refractivity (Wildman–Crippen MR) is 161 cm³/mol. The van der Waals surface area contributed by atoms with Gasteiger partial charge in [-0.3, -0.25) is 28.9 Å². The number of carboxylic acids is 2. The van der Waals surface area contributed by atoms with Crippen molar-refractivity contribution in [2.24, 2.45) is 0 Å². The first-order valence-corrected chi connectivity index (χ1v) is 15.3. The molecule has 2 aliphatic rings. The summed E-state index contributed by atoms with van der Waals surface area (Å²) in [4.78, 5) is 88.8. The van der Waals surface area contributed by atoms with Crippen LogP contribution in [0, 0.1) is 6.92 Å². The molecule has 3 amide bonds. The van der Waals surface area contributed by atoms with Gasteiger partial charge in [0.05, 0.1) is 23.0 Å². The van der Waals surface area contributed by atoms with E-state index in [1.165, 1.54) is 31.2 Å². The first kappa shape index (κ1) is 41.4. The van der Waals surface area contributed by atoms with Crippen molar-refractivity contribution in [3.63, 3.8) is 0 Å². The molecule has 1 fully saturated rings. The number of aliphatic carboxylic acids is 2. The van der Waals surface area contributed by atoms with Crippen molar-refractivity contribution in [1.29, 1.82) is 0 Å². The maximum Gasteiger partial charge on any atom is 1.00 e. The molecule has 1 unspecified atom stereocenters. The summed E-state index contributed by atoms with van der Waals surface area (Å²) in [6, 6.07) is 4.25. The van der Waals surface area contributed by atoms with Crippen LogP contribution in [-0.2, 0) is 28.7 Å². The Kier molecular flexibility index (Phi) is 13.8. The summed E-state index contributed by atoms with van der Waals surface area (Å²) in [6.45, 7) is 1.26. The molecule has 0 spiro atoms. The van der Waals surface area contributed by atoms with Crippen LogP contribution in [0.4, 0.5) is 0 Å². The smallest absolute Gasteiger partial charge is 0.546 e. The zero-order valence-corrected chi connectivity index (χ0v) is 32.3. The van der Waals surface area contributed by atoms with Gasteiger partial charge in [-0.1, -0.05) is 12.1 Å². The number of fused-ring (bicyclic) bond motifs is 2. The molecule has 0 saturated carbocycles. The molecular formula is C31H25N3Na2O14S. The van der Waals surface area contributed by atoms with E-state index in [9.17, 15) is 54.0 Å². The van der Waals surface area contributed by atoms with Gasteiger partial charge in [-0.15, -0.1) is 11.8 Å². The normalized spacial score (nSPS) is 16.7. The molecule has 0 aliphatic carbocycles. The van der Waals surface area contributed by atoms with E-state index in [4.69, 9.17) is 13.9 Å². The van der Waals surface area contributed by atoms with Crippen molar-refractivity contribution in [3.8, 4) is 17.2 Å². The Balaban J connectivity index is 0.00000351. The second-order valence-electron chi connectivity index (χ2n) is 10.8. The van der Waals surface area contributed by atoms with Gasteiger partial charge in [-0.25, -0.2) is 0 Å². The fraction of sp³-hybridized carbons (Fsp3) is 0.258. The second kappa shape index (κ2) is 17.0. The number of phenolic OH excluding ortho intramolecular Hbond substituents is 2. The SMILES string of the molecule is CC(=O)OCC1=C(C(=O)[O-])N2C(=O)[C@@H](NC(=O)C(NC(=O)c3c(C)oc4cc(O)c(O)cc4c3=O)c3ccc(OCC(=O)[O-])cc3)[C@@H]2SC1.[Na+].[Na+]. The third-order valence-electron chi connectivity index (χ3n) is 7.49. The average molecular weight is 742 g/mol. The molecule has 0 bridgehead atoms. The molecular weight excluding hydrogens is 716 g/mol. The van der Waals surface area contributed by atoms with E-state index in [0.717, 1.165) is 35.7 Å². The van der Waals surface area contributed by atoms with Crippen LogP contribution in [0.25, 0.3) is 11.0 Å². The third kappa shape index (κ3) is 8.71. The molecule has 4 N–H and O–H groups in total. The minimum atomic E-state index is -1.69. The number of carbonyl (C=O) groups excluding carboxylic acids is 6. The number of β-lactam (4-membered cyclic amide) rings is 1. The van der Waals surface area contributed by atoms with Crippen molar-refractivity contribution < 1.29 is 122 Å². The first-order chi connectivity index (χ1) is 23.2. The summed E-state index contributed by atoms with van der Waals surface area (Å²) >= 11 is 1.08. The molecule has 3 aromatic rings. The zero-order chi connectivity index (χ0) is 35.7. The number of nitrogens with one attached hydrogen (secondary N) is 2. The largest absolute Gasteiger partial charge is 1.00 e. The van der Waals surface area contributed by atoms with E-state index < -0.39 is 87.9 Å². The van der Waals surface area contributed by atoms with Crippen molar-refractivity contribution in [2.45, 2.75) is 31.3 Å². The molecule has 0 radical (unpaired) electrons. The van der Waals surface area contributed by atoms with Crippen LogP contribution in [0.1, 0.15) is 34.6 Å². The maximum atomic E-state index is 13.8. The number of benzene rings is 2. The summed E-state index contributed by atoms with van der Waals surface area (Å²) in [5, 5.41) is 46.2. The molecule has 2 aromatic carbocycles. The van der Waals surface area contributed by atoms with E-state index in [1.807, 2.05) is 0 Å². The molecule has 1 saturated heterocycles. The topological polar surface area (TPSA) is 265 Å². The standard InChI is InChI=1S/C31H27N3O14S.2Na/c1-12-22(26(40)17-7-18(36)19(37)8-20(17)48-12)27(41)32-23(14-3-5-16(6-4-14)47-10-21(38)39)28(42)33-24-29(43)34-25(31(44)45)15(9-46-13(2)35)11-49-30(24)34;;/h3-8,23-24,30,36-37H,9-11H2,1-2H3,(H,32,41)(H,33,42)(H,38,39)(H,44,45);;/q;2*+1/p-2/t23?,24-,30+;;/m1../s1. The van der Waals surface area contributed by atoms with Crippen molar-refractivity contribution in [3.05, 3.63) is 74.8 Å². The number of ether oxygens (including phenoxy) is 2. The number of thioether (sulfide) groups is 1. The number of carboxylic acid groups (broad SMARTS) is 2. The Bertz CT molecular complexity index is 2020. The number of hydrogen-bond donors (Lipinski definition) is 4. The monoisotopic (exact) mass is 741 g/mol. The van der Waals surface area contributed by atoms with Gasteiger partial charge < -0.3 is 54.5 Å². The Morgan fingerprint density at radius 2 is 1.71 bits per heavy atom. The maximum absolute atomic E-state index is 13.8. The number of rotatable bonds is 11. The van der Waals surface area contributed by atoms with Gasteiger partial charge in [0.15, 0.2) is 11.5 Å². The minimum absolute atomic E-state index is 0. The van der Waals surface area contributed by atoms with Crippen LogP contribution >= 0.6 is 11.8 Å². The predicted octanol–water partition coefficient (Wildman–Crippen LogP) is -7.91. The summed E-state index contributed by atoms with van der Waals surface area (Å²) in [6.07, 6.45) is 0. The number of phenols is 2. The van der Waals surface area contributed by atoms with Crippen molar-refractivity contribution in [1.82, 2.24) is 15.5 Å². The molecule has 3 heterocycles.